The van der Waals surface area contributed by atoms with Crippen LogP contribution < -0.4 is 16.6 Å². The van der Waals surface area contributed by atoms with Gasteiger partial charge in [-0.15, -0.1) is 0 Å². The van der Waals surface area contributed by atoms with E-state index in [0.29, 0.717) is 16.7 Å². The van der Waals surface area contributed by atoms with Gasteiger partial charge in [-0.05, 0) is 67.5 Å². The molecule has 0 radical (unpaired) electrons. The molecule has 4 bridgehead atoms. The van der Waals surface area contributed by atoms with Crippen molar-refractivity contribution in [2.24, 2.45) is 27.9 Å². The van der Waals surface area contributed by atoms with Crippen molar-refractivity contribution in [3.05, 3.63) is 0 Å². The minimum atomic E-state index is -0.208. The first-order valence-electron chi connectivity index (χ1n) is 7.10. The maximum atomic E-state index is 12.6. The zero-order chi connectivity index (χ0) is 13.9. The number of amides is 1. The van der Waals surface area contributed by atoms with E-state index in [0.717, 1.165) is 19.3 Å². The Morgan fingerprint density at radius 3 is 2.16 bits per heavy atom. The third-order valence-electron chi connectivity index (χ3n) is 5.41. The molecular weight excluding hydrogens is 258 g/mol. The fourth-order valence-corrected chi connectivity index (χ4v) is 6.00. The summed E-state index contributed by atoms with van der Waals surface area (Å²) >= 11 is 4.75. The molecular formula is C14H23N3OS. The van der Waals surface area contributed by atoms with Gasteiger partial charge in [-0.3, -0.25) is 15.6 Å². The minimum Gasteiger partial charge on any atom is -0.375 e. The predicted molar refractivity (Wildman–Crippen MR) is 77.9 cm³/mol. The van der Waals surface area contributed by atoms with Gasteiger partial charge in [0.05, 0.1) is 5.41 Å². The molecule has 0 aromatic carbocycles. The van der Waals surface area contributed by atoms with Crippen LogP contribution in [0.15, 0.2) is 0 Å². The Morgan fingerprint density at radius 1 is 1.11 bits per heavy atom. The van der Waals surface area contributed by atoms with Crippen LogP contribution >= 0.6 is 12.2 Å². The highest BCUT2D eigenvalue weighted by atomic mass is 32.1. The van der Waals surface area contributed by atoms with Crippen molar-refractivity contribution >= 4 is 23.2 Å². The van der Waals surface area contributed by atoms with Gasteiger partial charge >= 0.3 is 0 Å². The Hall–Kier alpha value is -0.840. The Labute approximate surface area is 119 Å². The molecule has 4 fully saturated rings. The van der Waals surface area contributed by atoms with E-state index in [1.54, 1.807) is 0 Å². The molecule has 4 N–H and O–H groups in total. The third-order valence-corrected chi connectivity index (χ3v) is 5.51. The molecule has 106 valence electrons. The number of nitrogens with one attached hydrogen (secondary N) is 2. The maximum Gasteiger partial charge on any atom is 0.244 e. The number of hydrogen-bond donors (Lipinski definition) is 3. The Bertz CT molecular complexity index is 432. The molecule has 5 heteroatoms. The lowest BCUT2D eigenvalue weighted by molar-refractivity contribution is -0.170. The number of carbonyl (C=O) groups excluding carboxylic acids is 1. The Balaban J connectivity index is 1.84. The second-order valence-corrected chi connectivity index (χ2v) is 8.29. The van der Waals surface area contributed by atoms with Gasteiger partial charge in [0.25, 0.3) is 0 Å². The van der Waals surface area contributed by atoms with E-state index in [4.69, 9.17) is 18.0 Å². The van der Waals surface area contributed by atoms with Gasteiger partial charge in [0.1, 0.15) is 0 Å². The summed E-state index contributed by atoms with van der Waals surface area (Å²) in [5.41, 5.74) is 11.2. The van der Waals surface area contributed by atoms with Crippen LogP contribution in [0.2, 0.25) is 0 Å². The number of carbonyl (C=O) groups is 1. The van der Waals surface area contributed by atoms with Crippen molar-refractivity contribution in [1.82, 2.24) is 10.9 Å². The Kier molecular flexibility index (Phi) is 2.66. The molecule has 19 heavy (non-hydrogen) atoms. The number of thiocarbonyl (C=S) groups is 1. The van der Waals surface area contributed by atoms with Gasteiger partial charge in [-0.25, -0.2) is 0 Å². The van der Waals surface area contributed by atoms with Gasteiger partial charge in [-0.2, -0.15) is 0 Å². The first-order chi connectivity index (χ1) is 8.74. The van der Waals surface area contributed by atoms with Crippen LogP contribution in [0.25, 0.3) is 0 Å². The van der Waals surface area contributed by atoms with Gasteiger partial charge in [0.2, 0.25) is 5.91 Å². The first-order valence-corrected chi connectivity index (χ1v) is 7.51. The molecule has 4 aliphatic rings. The average Bonchev–Trinajstić information content (AvgIpc) is 2.20. The number of nitrogens with two attached hydrogens (primary N) is 1. The largest absolute Gasteiger partial charge is 0.375 e. The molecule has 2 atom stereocenters. The highest BCUT2D eigenvalue weighted by molar-refractivity contribution is 7.80. The van der Waals surface area contributed by atoms with Crippen molar-refractivity contribution in [3.8, 4) is 0 Å². The van der Waals surface area contributed by atoms with Crippen molar-refractivity contribution in [2.75, 3.05) is 0 Å². The fourth-order valence-electron chi connectivity index (χ4n) is 5.95. The van der Waals surface area contributed by atoms with Crippen molar-refractivity contribution < 1.29 is 4.79 Å². The van der Waals surface area contributed by atoms with E-state index < -0.39 is 0 Å². The SMILES string of the molecule is C[C@@]12CC3CC(C(=O)NNC(N)=S)(C1)C[C@@](C)(C3)C2. The molecule has 4 saturated carbocycles. The zero-order valence-electron chi connectivity index (χ0n) is 11.7. The molecule has 1 amide bonds. The summed E-state index contributed by atoms with van der Waals surface area (Å²) in [5.74, 6) is 0.795. The number of rotatable bonds is 1. The van der Waals surface area contributed by atoms with Crippen molar-refractivity contribution in [1.29, 1.82) is 0 Å². The quantitative estimate of drug-likeness (QED) is 0.507. The smallest absolute Gasteiger partial charge is 0.244 e. The molecule has 0 aromatic rings. The number of hydrogen-bond acceptors (Lipinski definition) is 2. The monoisotopic (exact) mass is 281 g/mol. The molecule has 0 aromatic heterocycles. The summed E-state index contributed by atoms with van der Waals surface area (Å²) in [7, 11) is 0. The lowest BCUT2D eigenvalue weighted by atomic mass is 9.40. The van der Waals surface area contributed by atoms with Gasteiger partial charge in [0.15, 0.2) is 5.11 Å². The second-order valence-electron chi connectivity index (χ2n) is 7.85. The van der Waals surface area contributed by atoms with Crippen molar-refractivity contribution in [3.63, 3.8) is 0 Å². The van der Waals surface area contributed by atoms with Gasteiger partial charge in [0, 0.05) is 0 Å². The maximum absolute atomic E-state index is 12.6. The molecule has 4 rings (SSSR count). The van der Waals surface area contributed by atoms with E-state index >= 15 is 0 Å². The summed E-state index contributed by atoms with van der Waals surface area (Å²) in [6.45, 7) is 4.72. The molecule has 4 nitrogen and oxygen atoms in total. The molecule has 0 heterocycles. The van der Waals surface area contributed by atoms with Crippen molar-refractivity contribution in [2.45, 2.75) is 52.4 Å². The van der Waals surface area contributed by atoms with E-state index in [-0.39, 0.29) is 16.4 Å². The summed E-state index contributed by atoms with van der Waals surface area (Å²) < 4.78 is 0. The van der Waals surface area contributed by atoms with Crippen LogP contribution in [0.4, 0.5) is 0 Å². The van der Waals surface area contributed by atoms with Crippen LogP contribution in [0.1, 0.15) is 52.4 Å². The standard InChI is InChI=1S/C14H23N3OS/c1-12-3-9-4-13(2,6-12)8-14(5-9,7-12)10(18)16-17-11(15)19/h9H,3-8H2,1-2H3,(H,16,18)(H3,15,17,19)/t9?,12-,13-,14?/m0/s1. The van der Waals surface area contributed by atoms with E-state index in [1.807, 2.05) is 0 Å². The van der Waals surface area contributed by atoms with E-state index in [9.17, 15) is 4.79 Å². The molecule has 0 aliphatic heterocycles. The van der Waals surface area contributed by atoms with E-state index in [2.05, 4.69) is 24.7 Å². The van der Waals surface area contributed by atoms with Crippen LogP contribution in [0.3, 0.4) is 0 Å². The minimum absolute atomic E-state index is 0.0850. The predicted octanol–water partition coefficient (Wildman–Crippen LogP) is 1.85. The Morgan fingerprint density at radius 2 is 1.68 bits per heavy atom. The van der Waals surface area contributed by atoms with Crippen LogP contribution in [0, 0.1) is 22.2 Å². The lowest BCUT2D eigenvalue weighted by Gasteiger charge is -2.64. The van der Waals surface area contributed by atoms with Gasteiger partial charge < -0.3 is 5.73 Å². The zero-order valence-corrected chi connectivity index (χ0v) is 12.5. The highest BCUT2D eigenvalue weighted by Crippen LogP contribution is 2.69. The van der Waals surface area contributed by atoms with Gasteiger partial charge in [-0.1, -0.05) is 13.8 Å². The average molecular weight is 281 g/mol. The molecule has 0 saturated heterocycles. The summed E-state index contributed by atoms with van der Waals surface area (Å²) in [6, 6.07) is 0. The first kappa shape index (κ1) is 13.2. The highest BCUT2D eigenvalue weighted by Gasteiger charge is 2.62. The van der Waals surface area contributed by atoms with Crippen LogP contribution in [-0.2, 0) is 4.79 Å². The topological polar surface area (TPSA) is 67.2 Å². The lowest BCUT2D eigenvalue weighted by Crippen LogP contribution is -2.61. The summed E-state index contributed by atoms with van der Waals surface area (Å²) in [4.78, 5) is 12.6. The molecule has 0 unspecified atom stereocenters. The molecule has 0 spiro atoms. The fraction of sp³-hybridized carbons (Fsp3) is 0.857. The van der Waals surface area contributed by atoms with E-state index in [1.165, 1.54) is 19.3 Å². The summed E-state index contributed by atoms with van der Waals surface area (Å²) in [6.07, 6.45) is 6.91. The molecule has 4 aliphatic carbocycles. The third kappa shape index (κ3) is 2.12. The van der Waals surface area contributed by atoms with Crippen LogP contribution in [0.5, 0.6) is 0 Å². The second kappa shape index (κ2) is 3.84. The summed E-state index contributed by atoms with van der Waals surface area (Å²) in [5, 5.41) is 0.121. The number of hydrazine groups is 1. The normalized spacial score (nSPS) is 46.9. The van der Waals surface area contributed by atoms with Crippen LogP contribution in [-0.4, -0.2) is 11.0 Å².